The van der Waals surface area contributed by atoms with Crippen molar-refractivity contribution in [1.82, 2.24) is 4.90 Å². The summed E-state index contributed by atoms with van der Waals surface area (Å²) >= 11 is 3.43. The van der Waals surface area contributed by atoms with Crippen LogP contribution in [0, 0.1) is 5.92 Å². The van der Waals surface area contributed by atoms with Crippen LogP contribution in [0.25, 0.3) is 0 Å². The predicted octanol–water partition coefficient (Wildman–Crippen LogP) is 3.26. The van der Waals surface area contributed by atoms with Gasteiger partial charge in [-0.1, -0.05) is 13.0 Å². The summed E-state index contributed by atoms with van der Waals surface area (Å²) in [5, 5.41) is 0. The molecule has 2 nitrogen and oxygen atoms in total. The van der Waals surface area contributed by atoms with Crippen molar-refractivity contribution < 1.29 is 0 Å². The van der Waals surface area contributed by atoms with Crippen molar-refractivity contribution in [1.29, 1.82) is 0 Å². The number of halogens is 1. The van der Waals surface area contributed by atoms with Gasteiger partial charge in [-0.15, -0.1) is 0 Å². The monoisotopic (exact) mass is 282 g/mol. The lowest BCUT2D eigenvalue weighted by atomic mass is 10.00. The first-order valence-corrected chi connectivity index (χ1v) is 6.70. The molecule has 1 aliphatic rings. The van der Waals surface area contributed by atoms with E-state index in [4.69, 9.17) is 5.73 Å². The number of hydrogen-bond acceptors (Lipinski definition) is 2. The fourth-order valence-electron chi connectivity index (χ4n) is 2.38. The van der Waals surface area contributed by atoms with Gasteiger partial charge in [-0.25, -0.2) is 0 Å². The van der Waals surface area contributed by atoms with Crippen LogP contribution >= 0.6 is 15.9 Å². The standard InChI is InChI=1S/C13H19BrN2/c1-10-3-2-6-16(8-10)9-11-4-5-12(14)13(15)7-11/h4-5,7,10H,2-3,6,8-9,15H2,1H3. The number of nitrogens with zero attached hydrogens (tertiary/aromatic N) is 1. The maximum Gasteiger partial charge on any atom is 0.0461 e. The van der Waals surface area contributed by atoms with Crippen LogP contribution < -0.4 is 5.73 Å². The number of nitrogens with two attached hydrogens (primary N) is 1. The average molecular weight is 283 g/mol. The van der Waals surface area contributed by atoms with Gasteiger partial charge in [-0.05, 0) is 58.9 Å². The SMILES string of the molecule is CC1CCCN(Cc2ccc(Br)c(N)c2)C1. The molecule has 1 aromatic rings. The summed E-state index contributed by atoms with van der Waals surface area (Å²) in [6.45, 7) is 5.81. The lowest BCUT2D eigenvalue weighted by Crippen LogP contribution is -2.33. The van der Waals surface area contributed by atoms with Gasteiger partial charge in [0.2, 0.25) is 0 Å². The molecule has 0 radical (unpaired) electrons. The van der Waals surface area contributed by atoms with Gasteiger partial charge in [-0.2, -0.15) is 0 Å². The minimum absolute atomic E-state index is 0.835. The molecule has 3 heteroatoms. The Hall–Kier alpha value is -0.540. The summed E-state index contributed by atoms with van der Waals surface area (Å²) in [7, 11) is 0. The Morgan fingerprint density at radius 3 is 3.00 bits per heavy atom. The molecule has 0 bridgehead atoms. The lowest BCUT2D eigenvalue weighted by Gasteiger charge is -2.30. The smallest absolute Gasteiger partial charge is 0.0461 e. The van der Waals surface area contributed by atoms with E-state index >= 15 is 0 Å². The molecule has 0 aliphatic carbocycles. The number of nitrogen functional groups attached to an aromatic ring is 1. The number of rotatable bonds is 2. The van der Waals surface area contributed by atoms with E-state index in [1.54, 1.807) is 0 Å². The van der Waals surface area contributed by atoms with E-state index in [0.29, 0.717) is 0 Å². The zero-order valence-corrected chi connectivity index (χ0v) is 11.3. The molecule has 2 N–H and O–H groups in total. The van der Waals surface area contributed by atoms with E-state index in [2.05, 4.69) is 39.9 Å². The van der Waals surface area contributed by atoms with Gasteiger partial charge in [0.25, 0.3) is 0 Å². The van der Waals surface area contributed by atoms with E-state index in [1.807, 2.05) is 6.07 Å². The van der Waals surface area contributed by atoms with E-state index in [1.165, 1.54) is 31.5 Å². The molecule has 1 heterocycles. The molecule has 1 unspecified atom stereocenters. The van der Waals surface area contributed by atoms with Crippen LogP contribution in [0.15, 0.2) is 22.7 Å². The number of piperidine rings is 1. The normalized spacial score (nSPS) is 22.2. The summed E-state index contributed by atoms with van der Waals surface area (Å²) in [4.78, 5) is 2.52. The lowest BCUT2D eigenvalue weighted by molar-refractivity contribution is 0.176. The molecule has 16 heavy (non-hydrogen) atoms. The third-order valence-corrected chi connectivity index (χ3v) is 3.93. The quantitative estimate of drug-likeness (QED) is 0.844. The van der Waals surface area contributed by atoms with Crippen molar-refractivity contribution in [3.63, 3.8) is 0 Å². The Labute approximate surface area is 106 Å². The summed E-state index contributed by atoms with van der Waals surface area (Å²) < 4.78 is 0.989. The van der Waals surface area contributed by atoms with E-state index in [9.17, 15) is 0 Å². The maximum absolute atomic E-state index is 5.89. The largest absolute Gasteiger partial charge is 0.398 e. The Kier molecular flexibility index (Phi) is 3.87. The third-order valence-electron chi connectivity index (χ3n) is 3.21. The van der Waals surface area contributed by atoms with Gasteiger partial charge in [0.15, 0.2) is 0 Å². The number of hydrogen-bond donors (Lipinski definition) is 1. The summed E-state index contributed by atoms with van der Waals surface area (Å²) in [6.07, 6.45) is 2.70. The highest BCUT2D eigenvalue weighted by Gasteiger charge is 2.16. The van der Waals surface area contributed by atoms with Crippen molar-refractivity contribution in [3.8, 4) is 0 Å². The first-order valence-electron chi connectivity index (χ1n) is 5.91. The molecule has 1 saturated heterocycles. The minimum atomic E-state index is 0.835. The highest BCUT2D eigenvalue weighted by molar-refractivity contribution is 9.10. The molecule has 0 aromatic heterocycles. The molecule has 1 aromatic carbocycles. The molecule has 1 fully saturated rings. The van der Waals surface area contributed by atoms with Crippen molar-refractivity contribution in [2.24, 2.45) is 5.92 Å². The first kappa shape index (κ1) is 11.9. The Bertz CT molecular complexity index is 365. The summed E-state index contributed by atoms with van der Waals surface area (Å²) in [5.41, 5.74) is 8.04. The number of benzene rings is 1. The van der Waals surface area contributed by atoms with Crippen LogP contribution in [0.3, 0.4) is 0 Å². The van der Waals surface area contributed by atoms with Crippen molar-refractivity contribution in [2.45, 2.75) is 26.3 Å². The number of anilines is 1. The highest BCUT2D eigenvalue weighted by Crippen LogP contribution is 2.23. The van der Waals surface area contributed by atoms with Gasteiger partial charge in [0.1, 0.15) is 0 Å². The first-order chi connectivity index (χ1) is 7.65. The van der Waals surface area contributed by atoms with E-state index < -0.39 is 0 Å². The van der Waals surface area contributed by atoms with Gasteiger partial charge in [0.05, 0.1) is 0 Å². The summed E-state index contributed by atoms with van der Waals surface area (Å²) in [6, 6.07) is 6.26. The minimum Gasteiger partial charge on any atom is -0.398 e. The topological polar surface area (TPSA) is 29.3 Å². The number of likely N-dealkylation sites (tertiary alicyclic amines) is 1. The van der Waals surface area contributed by atoms with Crippen molar-refractivity contribution in [2.75, 3.05) is 18.8 Å². The fourth-order valence-corrected chi connectivity index (χ4v) is 2.63. The van der Waals surface area contributed by atoms with Gasteiger partial charge in [0, 0.05) is 23.2 Å². The molecule has 2 rings (SSSR count). The highest BCUT2D eigenvalue weighted by atomic mass is 79.9. The summed E-state index contributed by atoms with van der Waals surface area (Å²) in [5.74, 6) is 0.835. The fraction of sp³-hybridized carbons (Fsp3) is 0.538. The van der Waals surface area contributed by atoms with Crippen LogP contribution in [-0.2, 0) is 6.54 Å². The van der Waals surface area contributed by atoms with Crippen LogP contribution in [0.5, 0.6) is 0 Å². The van der Waals surface area contributed by atoms with Crippen LogP contribution in [0.1, 0.15) is 25.3 Å². The second kappa shape index (κ2) is 5.19. The third kappa shape index (κ3) is 2.98. The average Bonchev–Trinajstić information content (AvgIpc) is 2.24. The Balaban J connectivity index is 2.00. The predicted molar refractivity (Wildman–Crippen MR) is 72.2 cm³/mol. The van der Waals surface area contributed by atoms with Gasteiger partial charge < -0.3 is 5.73 Å². The second-order valence-corrected chi connectivity index (χ2v) is 5.69. The zero-order chi connectivity index (χ0) is 11.5. The molecule has 1 atom stereocenters. The second-order valence-electron chi connectivity index (χ2n) is 4.84. The molecule has 0 amide bonds. The van der Waals surface area contributed by atoms with Crippen molar-refractivity contribution in [3.05, 3.63) is 28.2 Å². The molecule has 1 aliphatic heterocycles. The molecular formula is C13H19BrN2. The zero-order valence-electron chi connectivity index (χ0n) is 9.75. The Morgan fingerprint density at radius 1 is 1.50 bits per heavy atom. The van der Waals surface area contributed by atoms with E-state index in [0.717, 1.165) is 22.6 Å². The molecule has 0 spiro atoms. The molecular weight excluding hydrogens is 264 g/mol. The molecule has 88 valence electrons. The van der Waals surface area contributed by atoms with Crippen LogP contribution in [0.4, 0.5) is 5.69 Å². The Morgan fingerprint density at radius 2 is 2.31 bits per heavy atom. The van der Waals surface area contributed by atoms with Crippen LogP contribution in [0.2, 0.25) is 0 Å². The van der Waals surface area contributed by atoms with Crippen LogP contribution in [-0.4, -0.2) is 18.0 Å². The molecule has 0 saturated carbocycles. The van der Waals surface area contributed by atoms with Gasteiger partial charge in [-0.3, -0.25) is 4.90 Å². The van der Waals surface area contributed by atoms with Crippen molar-refractivity contribution >= 4 is 21.6 Å². The van der Waals surface area contributed by atoms with Gasteiger partial charge >= 0.3 is 0 Å². The maximum atomic E-state index is 5.89. The van der Waals surface area contributed by atoms with E-state index in [-0.39, 0.29) is 0 Å².